The van der Waals surface area contributed by atoms with E-state index in [2.05, 4.69) is 15.7 Å². The quantitative estimate of drug-likeness (QED) is 0.488. The summed E-state index contributed by atoms with van der Waals surface area (Å²) in [5.74, 6) is -0.0812. The second kappa shape index (κ2) is 8.76. The number of hydrogen-bond donors (Lipinski definition) is 2. The number of ether oxygens (including phenoxy) is 1. The van der Waals surface area contributed by atoms with Gasteiger partial charge in [-0.15, -0.1) is 5.10 Å². The van der Waals surface area contributed by atoms with E-state index < -0.39 is 5.69 Å². The van der Waals surface area contributed by atoms with Crippen molar-refractivity contribution in [2.75, 3.05) is 17.7 Å². The van der Waals surface area contributed by atoms with Crippen molar-refractivity contribution in [2.24, 2.45) is 0 Å². The number of rotatable bonds is 6. The highest BCUT2D eigenvalue weighted by Gasteiger charge is 2.14. The predicted molar refractivity (Wildman–Crippen MR) is 120 cm³/mol. The van der Waals surface area contributed by atoms with E-state index in [1.54, 1.807) is 49.6 Å². The molecule has 2 aromatic carbocycles. The molecule has 0 fully saturated rings. The molecule has 0 saturated heterocycles. The second-order valence-electron chi connectivity index (χ2n) is 7.19. The van der Waals surface area contributed by atoms with E-state index in [1.807, 2.05) is 25.1 Å². The Morgan fingerprint density at radius 1 is 1.00 bits per heavy atom. The number of aryl methyl sites for hydroxylation is 1. The molecule has 9 nitrogen and oxygen atoms in total. The SMILES string of the molecule is COc1ccc(NC(=O)c2ccc3nn(CC(=O)Nc4cccc(C)c4)c(=O)n3c2)cc1. The zero-order chi connectivity index (χ0) is 22.7. The number of pyridine rings is 1. The molecule has 2 N–H and O–H groups in total. The van der Waals surface area contributed by atoms with Crippen molar-refractivity contribution in [1.82, 2.24) is 14.2 Å². The van der Waals surface area contributed by atoms with Crippen molar-refractivity contribution < 1.29 is 14.3 Å². The summed E-state index contributed by atoms with van der Waals surface area (Å²) >= 11 is 0. The molecule has 0 spiro atoms. The molecule has 0 bridgehead atoms. The van der Waals surface area contributed by atoms with Gasteiger partial charge in [0.05, 0.1) is 12.7 Å². The van der Waals surface area contributed by atoms with Crippen LogP contribution in [0.1, 0.15) is 15.9 Å². The number of aromatic nitrogens is 3. The topological polar surface area (TPSA) is 107 Å². The number of benzene rings is 2. The van der Waals surface area contributed by atoms with Gasteiger partial charge in [0.2, 0.25) is 5.91 Å². The van der Waals surface area contributed by atoms with Gasteiger partial charge in [-0.3, -0.25) is 9.59 Å². The number of carbonyl (C=O) groups excluding carboxylic acids is 2. The molecular formula is C23H21N5O4. The third-order valence-electron chi connectivity index (χ3n) is 4.78. The number of methoxy groups -OCH3 is 1. The first-order chi connectivity index (χ1) is 15.4. The zero-order valence-electron chi connectivity index (χ0n) is 17.5. The van der Waals surface area contributed by atoms with Crippen LogP contribution in [-0.4, -0.2) is 33.1 Å². The van der Waals surface area contributed by atoms with Gasteiger partial charge in [-0.1, -0.05) is 12.1 Å². The molecular weight excluding hydrogens is 410 g/mol. The van der Waals surface area contributed by atoms with Crippen LogP contribution in [0.4, 0.5) is 11.4 Å². The summed E-state index contributed by atoms with van der Waals surface area (Å²) in [6, 6.07) is 17.4. The van der Waals surface area contributed by atoms with Crippen LogP contribution in [0.5, 0.6) is 5.75 Å². The van der Waals surface area contributed by atoms with E-state index >= 15 is 0 Å². The normalized spacial score (nSPS) is 10.7. The lowest BCUT2D eigenvalue weighted by atomic mass is 10.2. The number of nitrogens with zero attached hydrogens (tertiary/aromatic N) is 3. The summed E-state index contributed by atoms with van der Waals surface area (Å²) < 4.78 is 7.40. The number of carbonyl (C=O) groups is 2. The van der Waals surface area contributed by atoms with Gasteiger partial charge in [0, 0.05) is 17.6 Å². The van der Waals surface area contributed by atoms with Gasteiger partial charge in [0.25, 0.3) is 5.91 Å². The molecule has 162 valence electrons. The van der Waals surface area contributed by atoms with Crippen molar-refractivity contribution in [1.29, 1.82) is 0 Å². The fraction of sp³-hybridized carbons (Fsp3) is 0.130. The highest BCUT2D eigenvalue weighted by Crippen LogP contribution is 2.16. The van der Waals surface area contributed by atoms with Crippen LogP contribution in [0.15, 0.2) is 71.7 Å². The fourth-order valence-electron chi connectivity index (χ4n) is 3.19. The Labute approximate surface area is 183 Å². The third kappa shape index (κ3) is 4.51. The van der Waals surface area contributed by atoms with Crippen molar-refractivity contribution in [3.05, 3.63) is 88.5 Å². The van der Waals surface area contributed by atoms with Gasteiger partial charge >= 0.3 is 5.69 Å². The number of nitrogens with one attached hydrogen (secondary N) is 2. The number of fused-ring (bicyclic) bond motifs is 1. The molecule has 4 rings (SSSR count). The summed E-state index contributed by atoms with van der Waals surface area (Å²) in [6.07, 6.45) is 1.40. The highest BCUT2D eigenvalue weighted by molar-refractivity contribution is 6.04. The molecule has 32 heavy (non-hydrogen) atoms. The van der Waals surface area contributed by atoms with Crippen molar-refractivity contribution >= 4 is 28.8 Å². The van der Waals surface area contributed by atoms with Crippen LogP contribution in [0.3, 0.4) is 0 Å². The molecule has 0 radical (unpaired) electrons. The maximum Gasteiger partial charge on any atom is 0.350 e. The van der Waals surface area contributed by atoms with Crippen LogP contribution < -0.4 is 21.1 Å². The van der Waals surface area contributed by atoms with Crippen molar-refractivity contribution in [3.63, 3.8) is 0 Å². The van der Waals surface area contributed by atoms with E-state index in [0.717, 1.165) is 10.2 Å². The first-order valence-electron chi connectivity index (χ1n) is 9.84. The number of amides is 2. The highest BCUT2D eigenvalue weighted by atomic mass is 16.5. The lowest BCUT2D eigenvalue weighted by Gasteiger charge is -2.06. The zero-order valence-corrected chi connectivity index (χ0v) is 17.5. The van der Waals surface area contributed by atoms with E-state index in [4.69, 9.17) is 4.74 Å². The van der Waals surface area contributed by atoms with Crippen LogP contribution in [0, 0.1) is 6.92 Å². The summed E-state index contributed by atoms with van der Waals surface area (Å²) in [5.41, 5.74) is 2.33. The van der Waals surface area contributed by atoms with Crippen molar-refractivity contribution in [3.8, 4) is 5.75 Å². The Morgan fingerprint density at radius 3 is 2.50 bits per heavy atom. The summed E-state index contributed by atoms with van der Waals surface area (Å²) in [7, 11) is 1.56. The lowest BCUT2D eigenvalue weighted by Crippen LogP contribution is -2.28. The van der Waals surface area contributed by atoms with Gasteiger partial charge in [0.15, 0.2) is 5.65 Å². The molecule has 2 aromatic heterocycles. The Morgan fingerprint density at radius 2 is 1.78 bits per heavy atom. The molecule has 0 atom stereocenters. The minimum atomic E-state index is -0.515. The Balaban J connectivity index is 1.50. The Kier molecular flexibility index (Phi) is 5.71. The maximum atomic E-state index is 12.7. The van der Waals surface area contributed by atoms with Crippen molar-refractivity contribution in [2.45, 2.75) is 13.5 Å². The Bertz CT molecular complexity index is 1360. The number of anilines is 2. The van der Waals surface area contributed by atoms with E-state index in [9.17, 15) is 14.4 Å². The molecule has 0 unspecified atom stereocenters. The van der Waals surface area contributed by atoms with Gasteiger partial charge in [-0.25, -0.2) is 13.9 Å². The van der Waals surface area contributed by atoms with E-state index in [0.29, 0.717) is 22.8 Å². The smallest absolute Gasteiger partial charge is 0.350 e. The standard InChI is InChI=1S/C23H21N5O4/c1-15-4-3-5-18(12-15)24-21(29)14-28-23(31)27-13-16(6-11-20(27)26-28)22(30)25-17-7-9-19(32-2)10-8-17/h3-13H,14H2,1-2H3,(H,24,29)(H,25,30). The molecule has 0 aliphatic heterocycles. The average molecular weight is 431 g/mol. The third-order valence-corrected chi connectivity index (χ3v) is 4.78. The minimum Gasteiger partial charge on any atom is -0.497 e. The molecule has 9 heteroatoms. The predicted octanol–water partition coefficient (Wildman–Crippen LogP) is 2.70. The van der Waals surface area contributed by atoms with Gasteiger partial charge in [-0.2, -0.15) is 0 Å². The lowest BCUT2D eigenvalue weighted by molar-refractivity contribution is -0.117. The van der Waals surface area contributed by atoms with E-state index in [1.165, 1.54) is 10.6 Å². The summed E-state index contributed by atoms with van der Waals surface area (Å²) in [4.78, 5) is 37.7. The van der Waals surface area contributed by atoms with Gasteiger partial charge < -0.3 is 15.4 Å². The molecule has 0 aliphatic carbocycles. The monoisotopic (exact) mass is 431 g/mol. The van der Waals surface area contributed by atoms with Crippen LogP contribution >= 0.6 is 0 Å². The van der Waals surface area contributed by atoms with E-state index in [-0.39, 0.29) is 23.9 Å². The first-order valence-corrected chi connectivity index (χ1v) is 9.84. The van der Waals surface area contributed by atoms with Crippen LogP contribution in [-0.2, 0) is 11.3 Å². The Hall–Kier alpha value is -4.40. The molecule has 2 heterocycles. The van der Waals surface area contributed by atoms with Gasteiger partial charge in [-0.05, 0) is 61.0 Å². The van der Waals surface area contributed by atoms with Crippen LogP contribution in [0.2, 0.25) is 0 Å². The largest absolute Gasteiger partial charge is 0.497 e. The molecule has 0 aliphatic rings. The van der Waals surface area contributed by atoms with Gasteiger partial charge in [0.1, 0.15) is 12.3 Å². The van der Waals surface area contributed by atoms with Crippen LogP contribution in [0.25, 0.3) is 5.65 Å². The maximum absolute atomic E-state index is 12.7. The minimum absolute atomic E-state index is 0.248. The molecule has 0 saturated carbocycles. The summed E-state index contributed by atoms with van der Waals surface area (Å²) in [6.45, 7) is 1.67. The first kappa shape index (κ1) is 20.9. The molecule has 2 amide bonds. The second-order valence-corrected chi connectivity index (χ2v) is 7.19. The number of hydrogen-bond acceptors (Lipinski definition) is 5. The fourth-order valence-corrected chi connectivity index (χ4v) is 3.19. The molecule has 4 aromatic rings. The average Bonchev–Trinajstić information content (AvgIpc) is 3.08. The summed E-state index contributed by atoms with van der Waals surface area (Å²) in [5, 5.41) is 9.69.